The van der Waals surface area contributed by atoms with E-state index >= 15 is 0 Å². The first kappa shape index (κ1) is 13.3. The van der Waals surface area contributed by atoms with E-state index in [0.717, 1.165) is 38.8 Å². The number of fused-ring (bicyclic) bond motifs is 6. The maximum Gasteiger partial charge on any atom is 0.268 e. The van der Waals surface area contributed by atoms with Gasteiger partial charge in [-0.25, -0.2) is 4.90 Å². The van der Waals surface area contributed by atoms with Gasteiger partial charge in [-0.2, -0.15) is 0 Å². The van der Waals surface area contributed by atoms with E-state index in [-0.39, 0.29) is 18.7 Å². The van der Waals surface area contributed by atoms with Crippen LogP contribution in [0.5, 0.6) is 17.2 Å². The third-order valence-corrected chi connectivity index (χ3v) is 5.25. The summed E-state index contributed by atoms with van der Waals surface area (Å²) in [6.45, 7) is 0. The minimum atomic E-state index is -0.150. The molecule has 3 heterocycles. The average molecular weight is 330 g/mol. The number of ether oxygens (including phenoxy) is 3. The van der Waals surface area contributed by atoms with Crippen LogP contribution in [0.1, 0.15) is 35.4 Å². The monoisotopic (exact) mass is 330 g/mol. The van der Waals surface area contributed by atoms with Crippen molar-refractivity contribution in [3.8, 4) is 17.2 Å². The Labute approximate surface area is 145 Å². The molecular weight excluding hydrogens is 314 g/mol. The van der Waals surface area contributed by atoms with Crippen LogP contribution in [0.2, 0.25) is 0 Å². The molecule has 4 heteroatoms. The molecule has 0 bridgehead atoms. The van der Waals surface area contributed by atoms with Crippen molar-refractivity contribution in [2.24, 2.45) is 0 Å². The van der Waals surface area contributed by atoms with Crippen LogP contribution in [0.3, 0.4) is 0 Å². The summed E-state index contributed by atoms with van der Waals surface area (Å²) in [7, 11) is 0. The molecule has 0 saturated carbocycles. The Morgan fingerprint density at radius 3 is 1.16 bits per heavy atom. The molecule has 0 radical (unpaired) electrons. The Morgan fingerprint density at radius 1 is 0.480 bits per heavy atom. The summed E-state index contributed by atoms with van der Waals surface area (Å²) in [4.78, 5) is 1.14. The van der Waals surface area contributed by atoms with E-state index in [9.17, 15) is 0 Å². The van der Waals surface area contributed by atoms with Crippen molar-refractivity contribution in [1.82, 2.24) is 0 Å². The molecule has 0 amide bonds. The molecule has 0 unspecified atom stereocenters. The molecule has 0 aromatic heterocycles. The minimum absolute atomic E-state index is 0.150. The van der Waals surface area contributed by atoms with E-state index in [1.54, 1.807) is 0 Å². The normalized spacial score (nSPS) is 27.4. The highest BCUT2D eigenvalue weighted by Gasteiger charge is 2.54. The zero-order chi connectivity index (χ0) is 16.4. The van der Waals surface area contributed by atoms with E-state index in [4.69, 9.17) is 14.2 Å². The summed E-state index contributed by atoms with van der Waals surface area (Å²) in [6, 6.07) is 24.4. The zero-order valence-corrected chi connectivity index (χ0v) is 13.4. The molecule has 3 aromatic carbocycles. The summed E-state index contributed by atoms with van der Waals surface area (Å²) in [5.74, 6) is 2.66. The molecule has 0 spiro atoms. The van der Waals surface area contributed by atoms with Gasteiger partial charge in [0.2, 0.25) is 0 Å². The van der Waals surface area contributed by atoms with Crippen LogP contribution >= 0.6 is 0 Å². The van der Waals surface area contributed by atoms with E-state index < -0.39 is 0 Å². The number of hydrogen-bond acceptors (Lipinski definition) is 3. The first-order chi connectivity index (χ1) is 12.4. The van der Waals surface area contributed by atoms with Crippen LogP contribution in [0.25, 0.3) is 0 Å². The molecule has 6 rings (SSSR count). The van der Waals surface area contributed by atoms with Crippen LogP contribution in [-0.2, 0) is 0 Å². The summed E-state index contributed by atoms with van der Waals surface area (Å²) < 4.78 is 19.3. The van der Waals surface area contributed by atoms with E-state index in [1.807, 2.05) is 54.6 Å². The van der Waals surface area contributed by atoms with Crippen LogP contribution in [0.4, 0.5) is 0 Å². The van der Waals surface area contributed by atoms with Crippen molar-refractivity contribution in [1.29, 1.82) is 0 Å². The fraction of sp³-hybridized carbons (Fsp3) is 0.143. The first-order valence-electron chi connectivity index (χ1n) is 8.53. The summed E-state index contributed by atoms with van der Waals surface area (Å²) in [6.07, 6.45) is -0.449. The van der Waals surface area contributed by atoms with Crippen molar-refractivity contribution < 1.29 is 19.1 Å². The predicted molar refractivity (Wildman–Crippen MR) is 90.4 cm³/mol. The summed E-state index contributed by atoms with van der Waals surface area (Å²) in [5, 5.41) is 0. The molecule has 3 atom stereocenters. The van der Waals surface area contributed by atoms with Gasteiger partial charge in [-0.1, -0.05) is 36.4 Å². The number of rotatable bonds is 0. The maximum atomic E-state index is 6.42. The summed E-state index contributed by atoms with van der Waals surface area (Å²) in [5.41, 5.74) is 3.20. The molecule has 122 valence electrons. The van der Waals surface area contributed by atoms with Crippen LogP contribution in [0, 0.1) is 0 Å². The fourth-order valence-electron chi connectivity index (χ4n) is 4.14. The Morgan fingerprint density at radius 2 is 0.800 bits per heavy atom. The predicted octanol–water partition coefficient (Wildman–Crippen LogP) is 3.14. The van der Waals surface area contributed by atoms with Crippen LogP contribution in [0.15, 0.2) is 72.8 Å². The lowest BCUT2D eigenvalue weighted by atomic mass is 9.99. The van der Waals surface area contributed by atoms with Crippen molar-refractivity contribution in [3.05, 3.63) is 89.5 Å². The van der Waals surface area contributed by atoms with E-state index in [0.29, 0.717) is 0 Å². The largest absolute Gasteiger partial charge is 0.437 e. The molecule has 0 fully saturated rings. The first-order valence-corrected chi connectivity index (χ1v) is 8.53. The molecule has 0 aliphatic carbocycles. The lowest BCUT2D eigenvalue weighted by Gasteiger charge is -2.48. The molecule has 0 saturated heterocycles. The highest BCUT2D eigenvalue weighted by molar-refractivity contribution is 5.44. The Hall–Kier alpha value is -2.98. The second-order valence-corrected chi connectivity index (χ2v) is 6.61. The molecule has 3 aliphatic heterocycles. The number of hydrogen-bond donors (Lipinski definition) is 1. The second kappa shape index (κ2) is 4.77. The molecule has 4 nitrogen and oxygen atoms in total. The lowest BCUT2D eigenvalue weighted by Crippen LogP contribution is -3.17. The second-order valence-electron chi connectivity index (χ2n) is 6.61. The third-order valence-electron chi connectivity index (χ3n) is 5.25. The SMILES string of the molecule is c1ccc2c(c1)O[C@H]1c3ccccc3O[C@H]3c4ccccc4O[C@@H]2[NH+]31. The molecule has 25 heavy (non-hydrogen) atoms. The van der Waals surface area contributed by atoms with Crippen molar-refractivity contribution in [2.75, 3.05) is 0 Å². The minimum Gasteiger partial charge on any atom is -0.437 e. The topological polar surface area (TPSA) is 32.1 Å². The lowest BCUT2D eigenvalue weighted by molar-refractivity contribution is -1.05. The number of nitrogens with one attached hydrogen (secondary N) is 1. The van der Waals surface area contributed by atoms with Gasteiger partial charge >= 0.3 is 0 Å². The van der Waals surface area contributed by atoms with Gasteiger partial charge in [-0.3, -0.25) is 0 Å². The highest BCUT2D eigenvalue weighted by Crippen LogP contribution is 2.44. The maximum absolute atomic E-state index is 6.42. The Bertz CT molecular complexity index is 859. The molecule has 3 aliphatic rings. The van der Waals surface area contributed by atoms with Gasteiger partial charge in [-0.15, -0.1) is 0 Å². The average Bonchev–Trinajstić information content (AvgIpc) is 2.68. The van der Waals surface area contributed by atoms with Gasteiger partial charge in [0, 0.05) is 0 Å². The molecular formula is C21H16NO3+. The highest BCUT2D eigenvalue weighted by atomic mass is 16.6. The van der Waals surface area contributed by atoms with Crippen LogP contribution < -0.4 is 19.1 Å². The molecule has 1 N–H and O–H groups in total. The summed E-state index contributed by atoms with van der Waals surface area (Å²) >= 11 is 0. The Balaban J connectivity index is 1.62. The standard InChI is InChI=1S/C21H15NO3/c1-4-10-16-13(7-1)19-22-20(23-16)15-9-3-6-12-18(15)25-21(22)14-8-2-5-11-17(14)24-19/h1-12,19-21H/p+1/t19-,20-,21-/m0/s1. The number of para-hydroxylation sites is 3. The van der Waals surface area contributed by atoms with Gasteiger partial charge in [0.1, 0.15) is 17.2 Å². The van der Waals surface area contributed by atoms with Gasteiger partial charge in [0.25, 0.3) is 18.7 Å². The smallest absolute Gasteiger partial charge is 0.268 e. The van der Waals surface area contributed by atoms with Crippen molar-refractivity contribution in [2.45, 2.75) is 18.7 Å². The zero-order valence-electron chi connectivity index (χ0n) is 13.4. The number of benzene rings is 3. The van der Waals surface area contributed by atoms with Crippen molar-refractivity contribution in [3.63, 3.8) is 0 Å². The van der Waals surface area contributed by atoms with E-state index in [1.165, 1.54) is 0 Å². The Kier molecular flexibility index (Phi) is 2.54. The van der Waals surface area contributed by atoms with Crippen molar-refractivity contribution >= 4 is 0 Å². The fourth-order valence-corrected chi connectivity index (χ4v) is 4.14. The van der Waals surface area contributed by atoms with Gasteiger partial charge in [-0.05, 0) is 36.4 Å². The number of quaternary nitrogens is 1. The van der Waals surface area contributed by atoms with Crippen LogP contribution in [-0.4, -0.2) is 0 Å². The van der Waals surface area contributed by atoms with Gasteiger partial charge < -0.3 is 14.2 Å². The quantitative estimate of drug-likeness (QED) is 0.687. The molecule has 3 aromatic rings. The van der Waals surface area contributed by atoms with E-state index in [2.05, 4.69) is 18.2 Å². The van der Waals surface area contributed by atoms with Gasteiger partial charge in [0.05, 0.1) is 16.7 Å². The third kappa shape index (κ3) is 1.74. The van der Waals surface area contributed by atoms with Gasteiger partial charge in [0.15, 0.2) is 0 Å².